The molecule has 1 aliphatic heterocycles. The third-order valence-electron chi connectivity index (χ3n) is 4.12. The van der Waals surface area contributed by atoms with Gasteiger partial charge in [-0.15, -0.1) is 0 Å². The molecule has 0 aromatic heterocycles. The predicted octanol–water partition coefficient (Wildman–Crippen LogP) is 2.65. The van der Waals surface area contributed by atoms with Crippen molar-refractivity contribution in [3.8, 4) is 5.75 Å². The number of benzene rings is 1. The number of hydrogen-bond acceptors (Lipinski definition) is 4. The molecule has 1 aromatic carbocycles. The van der Waals surface area contributed by atoms with Crippen LogP contribution in [-0.4, -0.2) is 41.1 Å². The highest BCUT2D eigenvalue weighted by Crippen LogP contribution is 2.21. The number of phenols is 1. The highest BCUT2D eigenvalue weighted by Gasteiger charge is 2.26. The van der Waals surface area contributed by atoms with Crippen LogP contribution in [0.4, 0.5) is 0 Å². The maximum absolute atomic E-state index is 12.2. The Morgan fingerprint density at radius 3 is 2.86 bits per heavy atom. The Hall–Kier alpha value is -2.04. The van der Waals surface area contributed by atoms with Gasteiger partial charge in [-0.2, -0.15) is 0 Å². The first kappa shape index (κ1) is 16.3. The maximum Gasteiger partial charge on any atom is 0.342 e. The molecule has 1 heterocycles. The molecule has 0 bridgehead atoms. The van der Waals surface area contributed by atoms with E-state index in [2.05, 4.69) is 6.92 Å². The van der Waals surface area contributed by atoms with Gasteiger partial charge in [-0.1, -0.05) is 18.6 Å². The number of nitrogens with zero attached hydrogens (tertiary/aromatic N) is 1. The standard InChI is InChI=1S/C17H23NO4/c1-3-13-6-4-5-9-18(13)16(20)11-22-17(21)14-10-12(2)7-8-15(14)19/h7-8,10,13,19H,3-6,9,11H2,1-2H3/t13-/m1/s1. The minimum atomic E-state index is -0.667. The number of esters is 1. The molecule has 22 heavy (non-hydrogen) atoms. The fourth-order valence-electron chi connectivity index (χ4n) is 2.85. The fraction of sp³-hybridized carbons (Fsp3) is 0.529. The summed E-state index contributed by atoms with van der Waals surface area (Å²) in [5.74, 6) is -0.959. The second kappa shape index (κ2) is 7.29. The summed E-state index contributed by atoms with van der Waals surface area (Å²) < 4.78 is 5.08. The lowest BCUT2D eigenvalue weighted by Gasteiger charge is -2.35. The van der Waals surface area contributed by atoms with E-state index in [4.69, 9.17) is 4.74 Å². The van der Waals surface area contributed by atoms with Gasteiger partial charge >= 0.3 is 5.97 Å². The lowest BCUT2D eigenvalue weighted by Crippen LogP contribution is -2.45. The van der Waals surface area contributed by atoms with Crippen LogP contribution in [0, 0.1) is 6.92 Å². The highest BCUT2D eigenvalue weighted by atomic mass is 16.5. The molecule has 0 spiro atoms. The summed E-state index contributed by atoms with van der Waals surface area (Å²) >= 11 is 0. The van der Waals surface area contributed by atoms with Gasteiger partial charge in [0.25, 0.3) is 5.91 Å². The van der Waals surface area contributed by atoms with E-state index in [1.807, 2.05) is 11.8 Å². The average molecular weight is 305 g/mol. The van der Waals surface area contributed by atoms with Crippen LogP contribution in [0.2, 0.25) is 0 Å². The Bertz CT molecular complexity index is 556. The van der Waals surface area contributed by atoms with Gasteiger partial charge in [-0.3, -0.25) is 4.79 Å². The fourth-order valence-corrected chi connectivity index (χ4v) is 2.85. The van der Waals surface area contributed by atoms with Crippen molar-refractivity contribution in [2.45, 2.75) is 45.6 Å². The highest BCUT2D eigenvalue weighted by molar-refractivity contribution is 5.94. The number of aryl methyl sites for hydroxylation is 1. The number of aromatic hydroxyl groups is 1. The van der Waals surface area contributed by atoms with Gasteiger partial charge in [0, 0.05) is 12.6 Å². The van der Waals surface area contributed by atoms with Crippen molar-refractivity contribution < 1.29 is 19.4 Å². The monoisotopic (exact) mass is 305 g/mol. The largest absolute Gasteiger partial charge is 0.507 e. The molecule has 1 amide bonds. The number of amides is 1. The molecular formula is C17H23NO4. The van der Waals surface area contributed by atoms with Gasteiger partial charge in [-0.25, -0.2) is 4.79 Å². The van der Waals surface area contributed by atoms with E-state index >= 15 is 0 Å². The molecule has 1 saturated heterocycles. The summed E-state index contributed by atoms with van der Waals surface area (Å²) in [4.78, 5) is 26.1. The first-order chi connectivity index (χ1) is 10.5. The molecule has 0 saturated carbocycles. The van der Waals surface area contributed by atoms with Crippen LogP contribution in [0.1, 0.15) is 48.5 Å². The van der Waals surface area contributed by atoms with Gasteiger partial charge in [0.2, 0.25) is 0 Å². The number of rotatable bonds is 4. The molecule has 1 N–H and O–H groups in total. The second-order valence-corrected chi connectivity index (χ2v) is 5.74. The van der Waals surface area contributed by atoms with Gasteiger partial charge in [-0.05, 0) is 44.7 Å². The van der Waals surface area contributed by atoms with Crippen molar-refractivity contribution in [3.05, 3.63) is 29.3 Å². The predicted molar refractivity (Wildman–Crippen MR) is 82.8 cm³/mol. The number of piperidine rings is 1. The Morgan fingerprint density at radius 2 is 2.14 bits per heavy atom. The first-order valence-corrected chi connectivity index (χ1v) is 7.79. The van der Waals surface area contributed by atoms with Crippen LogP contribution < -0.4 is 0 Å². The second-order valence-electron chi connectivity index (χ2n) is 5.74. The summed E-state index contributed by atoms with van der Waals surface area (Å²) in [6, 6.07) is 4.95. The van der Waals surface area contributed by atoms with Gasteiger partial charge in [0.15, 0.2) is 6.61 Å². The zero-order valence-corrected chi connectivity index (χ0v) is 13.2. The van der Waals surface area contributed by atoms with Crippen LogP contribution in [0.5, 0.6) is 5.75 Å². The van der Waals surface area contributed by atoms with Crippen molar-refractivity contribution in [2.75, 3.05) is 13.2 Å². The lowest BCUT2D eigenvalue weighted by molar-refractivity contribution is -0.138. The van der Waals surface area contributed by atoms with E-state index in [0.29, 0.717) is 0 Å². The first-order valence-electron chi connectivity index (χ1n) is 7.79. The van der Waals surface area contributed by atoms with Gasteiger partial charge in [0.1, 0.15) is 11.3 Å². The van der Waals surface area contributed by atoms with E-state index in [0.717, 1.165) is 37.8 Å². The molecule has 0 unspecified atom stereocenters. The molecule has 2 rings (SSSR count). The van der Waals surface area contributed by atoms with Crippen LogP contribution >= 0.6 is 0 Å². The van der Waals surface area contributed by atoms with Gasteiger partial charge < -0.3 is 14.7 Å². The van der Waals surface area contributed by atoms with Crippen molar-refractivity contribution in [1.29, 1.82) is 0 Å². The van der Waals surface area contributed by atoms with E-state index < -0.39 is 5.97 Å². The molecule has 1 atom stereocenters. The van der Waals surface area contributed by atoms with E-state index in [1.165, 1.54) is 6.07 Å². The van der Waals surface area contributed by atoms with Crippen LogP contribution in [0.25, 0.3) is 0 Å². The topological polar surface area (TPSA) is 66.8 Å². The van der Waals surface area contributed by atoms with Crippen molar-refractivity contribution >= 4 is 11.9 Å². The summed E-state index contributed by atoms with van der Waals surface area (Å²) in [7, 11) is 0. The minimum Gasteiger partial charge on any atom is -0.507 e. The summed E-state index contributed by atoms with van der Waals surface area (Å²) in [5.41, 5.74) is 0.941. The van der Waals surface area contributed by atoms with Crippen LogP contribution in [0.15, 0.2) is 18.2 Å². The van der Waals surface area contributed by atoms with Crippen molar-refractivity contribution in [3.63, 3.8) is 0 Å². The van der Waals surface area contributed by atoms with Crippen molar-refractivity contribution in [2.24, 2.45) is 0 Å². The van der Waals surface area contributed by atoms with E-state index in [1.54, 1.807) is 12.1 Å². The van der Waals surface area contributed by atoms with Gasteiger partial charge in [0.05, 0.1) is 0 Å². The Labute approximate surface area is 130 Å². The molecule has 1 fully saturated rings. The number of likely N-dealkylation sites (tertiary alicyclic amines) is 1. The molecule has 120 valence electrons. The number of hydrogen-bond donors (Lipinski definition) is 1. The third-order valence-corrected chi connectivity index (χ3v) is 4.12. The Balaban J connectivity index is 1.95. The SMILES string of the molecule is CC[C@@H]1CCCCN1C(=O)COC(=O)c1cc(C)ccc1O. The maximum atomic E-state index is 12.2. The zero-order valence-electron chi connectivity index (χ0n) is 13.2. The third kappa shape index (κ3) is 3.78. The molecule has 5 heteroatoms. The van der Waals surface area contributed by atoms with E-state index in [-0.39, 0.29) is 29.9 Å². The lowest BCUT2D eigenvalue weighted by atomic mass is 10.00. The summed E-state index contributed by atoms with van der Waals surface area (Å²) in [6.07, 6.45) is 4.06. The Morgan fingerprint density at radius 1 is 1.36 bits per heavy atom. The van der Waals surface area contributed by atoms with Crippen LogP contribution in [0.3, 0.4) is 0 Å². The smallest absolute Gasteiger partial charge is 0.342 e. The molecule has 5 nitrogen and oxygen atoms in total. The molecular weight excluding hydrogens is 282 g/mol. The molecule has 1 aliphatic rings. The number of carbonyl (C=O) groups excluding carboxylic acids is 2. The van der Waals surface area contributed by atoms with Crippen molar-refractivity contribution in [1.82, 2.24) is 4.90 Å². The Kier molecular flexibility index (Phi) is 5.41. The normalized spacial score (nSPS) is 18.1. The van der Waals surface area contributed by atoms with Crippen LogP contribution in [-0.2, 0) is 9.53 Å². The summed E-state index contributed by atoms with van der Waals surface area (Å²) in [6.45, 7) is 4.33. The zero-order chi connectivity index (χ0) is 16.1. The average Bonchev–Trinajstić information content (AvgIpc) is 2.54. The van der Waals surface area contributed by atoms with E-state index in [9.17, 15) is 14.7 Å². The number of phenolic OH excluding ortho intramolecular Hbond substituents is 1. The number of carbonyl (C=O) groups is 2. The molecule has 1 aromatic rings. The quantitative estimate of drug-likeness (QED) is 0.868. The number of ether oxygens (including phenoxy) is 1. The minimum absolute atomic E-state index is 0.0958. The molecule has 0 radical (unpaired) electrons. The molecule has 0 aliphatic carbocycles. The summed E-state index contributed by atoms with van der Waals surface area (Å²) in [5, 5.41) is 9.70.